The molecule has 3 heterocycles. The fourth-order valence-corrected chi connectivity index (χ4v) is 4.27. The molecule has 1 atom stereocenters. The number of ether oxygens (including phenoxy) is 1. The van der Waals surface area contributed by atoms with E-state index in [0.29, 0.717) is 23.3 Å². The molecule has 2 aliphatic heterocycles. The number of halogens is 1. The number of nitrogens with zero attached hydrogens (tertiary/aromatic N) is 4. The second-order valence-electron chi connectivity index (χ2n) is 8.26. The minimum Gasteiger partial charge on any atom is -0.481 e. The van der Waals surface area contributed by atoms with Crippen LogP contribution in [0.1, 0.15) is 24.8 Å². The van der Waals surface area contributed by atoms with Crippen molar-refractivity contribution in [2.24, 2.45) is 9.98 Å². The highest BCUT2D eigenvalue weighted by molar-refractivity contribution is 6.32. The average molecular weight is 455 g/mol. The summed E-state index contributed by atoms with van der Waals surface area (Å²) < 4.78 is 5.44. The zero-order valence-electron chi connectivity index (χ0n) is 18.5. The Labute approximate surface area is 192 Å². The van der Waals surface area contributed by atoms with Gasteiger partial charge in [-0.2, -0.15) is 0 Å². The first-order chi connectivity index (χ1) is 15.4. The first kappa shape index (κ1) is 22.2. The molecule has 168 valence electrons. The van der Waals surface area contributed by atoms with Crippen LogP contribution < -0.4 is 15.4 Å². The number of Topliss-reactive ketones (excluding diaryl/α,β-unsaturated/α-hetero) is 1. The Balaban J connectivity index is 1.61. The number of aromatic nitrogens is 1. The van der Waals surface area contributed by atoms with Gasteiger partial charge in [-0.1, -0.05) is 11.6 Å². The van der Waals surface area contributed by atoms with Crippen LogP contribution >= 0.6 is 11.6 Å². The Bertz CT molecular complexity index is 1070. The van der Waals surface area contributed by atoms with Crippen LogP contribution in [0, 0.1) is 0 Å². The van der Waals surface area contributed by atoms with Crippen molar-refractivity contribution >= 4 is 35.2 Å². The van der Waals surface area contributed by atoms with Crippen molar-refractivity contribution in [1.82, 2.24) is 15.2 Å². The lowest BCUT2D eigenvalue weighted by atomic mass is 9.79. The van der Waals surface area contributed by atoms with E-state index in [9.17, 15) is 4.79 Å². The fraction of sp³-hybridized carbons (Fsp3) is 0.391. The molecule has 1 spiro atoms. The molecular weight excluding hydrogens is 428 g/mol. The summed E-state index contributed by atoms with van der Waals surface area (Å²) in [5.74, 6) is 1.27. The molecule has 4 rings (SSSR count). The molecule has 9 heteroatoms. The zero-order chi connectivity index (χ0) is 22.7. The lowest BCUT2D eigenvalue weighted by Gasteiger charge is -2.37. The number of nitrogens with one attached hydrogen (secondary N) is 2. The third-order valence-corrected chi connectivity index (χ3v) is 5.80. The van der Waals surface area contributed by atoms with Crippen LogP contribution in [0.25, 0.3) is 0 Å². The fourth-order valence-electron chi connectivity index (χ4n) is 4.08. The number of carbonyl (C=O) groups excluding carboxylic acids is 1. The monoisotopic (exact) mass is 454 g/mol. The van der Waals surface area contributed by atoms with E-state index in [2.05, 4.69) is 34.6 Å². The number of pyridine rings is 1. The predicted octanol–water partition coefficient (Wildman–Crippen LogP) is 3.03. The molecule has 8 nitrogen and oxygen atoms in total. The van der Waals surface area contributed by atoms with E-state index in [4.69, 9.17) is 26.3 Å². The molecule has 1 saturated carbocycles. The van der Waals surface area contributed by atoms with E-state index >= 15 is 0 Å². The van der Waals surface area contributed by atoms with E-state index in [1.165, 1.54) is 0 Å². The Morgan fingerprint density at radius 1 is 1.31 bits per heavy atom. The molecule has 0 amide bonds. The van der Waals surface area contributed by atoms with Crippen molar-refractivity contribution in [3.63, 3.8) is 0 Å². The molecule has 1 aromatic heterocycles. The summed E-state index contributed by atoms with van der Waals surface area (Å²) in [4.78, 5) is 28.5. The summed E-state index contributed by atoms with van der Waals surface area (Å²) in [6, 6.07) is 2.03. The van der Waals surface area contributed by atoms with Crippen LogP contribution in [-0.4, -0.2) is 61.3 Å². The molecule has 1 aliphatic carbocycles. The second kappa shape index (κ2) is 9.26. The number of methoxy groups -OCH3 is 1. The Morgan fingerprint density at radius 2 is 2.12 bits per heavy atom. The van der Waals surface area contributed by atoms with E-state index in [-0.39, 0.29) is 12.2 Å². The first-order valence-electron chi connectivity index (χ1n) is 10.5. The van der Waals surface area contributed by atoms with E-state index < -0.39 is 5.66 Å². The van der Waals surface area contributed by atoms with Crippen LogP contribution in [0.15, 0.2) is 56.8 Å². The van der Waals surface area contributed by atoms with Gasteiger partial charge in [-0.15, -0.1) is 0 Å². The summed E-state index contributed by atoms with van der Waals surface area (Å²) in [5, 5.41) is 6.99. The number of ketones is 1. The van der Waals surface area contributed by atoms with Gasteiger partial charge in [0.05, 0.1) is 19.0 Å². The lowest BCUT2D eigenvalue weighted by molar-refractivity contribution is -0.118. The SMILES string of the molecule is COc1ncc(NC2=NC34N=CC=C(Cl)C=C3CC(=O)CC4=CN2)cc1CCCN(C)C. The number of hydrogen-bond acceptors (Lipinski definition) is 8. The van der Waals surface area contributed by atoms with Crippen molar-refractivity contribution in [2.75, 3.05) is 33.1 Å². The van der Waals surface area contributed by atoms with Crippen LogP contribution in [0.5, 0.6) is 5.88 Å². The summed E-state index contributed by atoms with van der Waals surface area (Å²) in [7, 11) is 5.74. The highest BCUT2D eigenvalue weighted by Crippen LogP contribution is 2.43. The topological polar surface area (TPSA) is 91.2 Å². The molecular formula is C23H27ClN6O2. The van der Waals surface area contributed by atoms with Gasteiger partial charge in [0.1, 0.15) is 5.78 Å². The molecule has 0 radical (unpaired) electrons. The number of aryl methyl sites for hydroxylation is 1. The summed E-state index contributed by atoms with van der Waals surface area (Å²) in [6.45, 7) is 0.980. The van der Waals surface area contributed by atoms with Crippen molar-refractivity contribution in [3.05, 3.63) is 52.4 Å². The molecule has 2 N–H and O–H groups in total. The number of allylic oxidation sites excluding steroid dienone is 3. The molecule has 0 bridgehead atoms. The number of anilines is 1. The third kappa shape index (κ3) is 4.61. The Hall–Kier alpha value is -2.97. The standard InChI is InChI=1S/C23H27ClN6O2/c1-30(2)8-4-5-15-9-19(14-25-21(15)32-3)28-22-26-13-17-12-20(31)11-16-10-18(24)6-7-27-23(16,17)29-22/h6-7,9-10,13-14H,4-5,8,11-12H2,1-3H3,(H2,26,28,29). The smallest absolute Gasteiger partial charge is 0.216 e. The molecule has 0 saturated heterocycles. The van der Waals surface area contributed by atoms with E-state index in [1.54, 1.807) is 31.7 Å². The maximum atomic E-state index is 12.3. The van der Waals surface area contributed by atoms with Crippen molar-refractivity contribution in [3.8, 4) is 5.88 Å². The van der Waals surface area contributed by atoms with Crippen LogP contribution in [0.2, 0.25) is 0 Å². The third-order valence-electron chi connectivity index (χ3n) is 5.57. The highest BCUT2D eigenvalue weighted by Gasteiger charge is 2.45. The number of carbonyl (C=O) groups is 1. The maximum absolute atomic E-state index is 12.3. The van der Waals surface area contributed by atoms with E-state index in [1.807, 2.05) is 12.3 Å². The van der Waals surface area contributed by atoms with E-state index in [0.717, 1.165) is 41.8 Å². The van der Waals surface area contributed by atoms with Crippen LogP contribution in [-0.2, 0) is 11.2 Å². The average Bonchev–Trinajstić information content (AvgIpc) is 2.90. The summed E-state index contributed by atoms with van der Waals surface area (Å²) in [6.07, 6.45) is 11.1. The highest BCUT2D eigenvalue weighted by atomic mass is 35.5. The number of aliphatic imine (C=N–C) groups is 2. The Kier molecular flexibility index (Phi) is 6.43. The van der Waals surface area contributed by atoms with Gasteiger partial charge in [0.25, 0.3) is 0 Å². The summed E-state index contributed by atoms with van der Waals surface area (Å²) >= 11 is 6.25. The molecule has 3 aliphatic rings. The number of rotatable bonds is 6. The minimum atomic E-state index is -0.955. The first-order valence-corrected chi connectivity index (χ1v) is 10.9. The minimum absolute atomic E-state index is 0.120. The van der Waals surface area contributed by atoms with Gasteiger partial charge in [0, 0.05) is 41.4 Å². The Morgan fingerprint density at radius 3 is 2.91 bits per heavy atom. The number of guanidine groups is 1. The lowest BCUT2D eigenvalue weighted by Crippen LogP contribution is -2.44. The molecule has 1 unspecified atom stereocenters. The predicted molar refractivity (Wildman–Crippen MR) is 127 cm³/mol. The van der Waals surface area contributed by atoms with Gasteiger partial charge in [0.2, 0.25) is 11.8 Å². The summed E-state index contributed by atoms with van der Waals surface area (Å²) in [5.41, 5.74) is 2.43. The van der Waals surface area contributed by atoms with Gasteiger partial charge in [-0.25, -0.2) is 9.98 Å². The quantitative estimate of drug-likeness (QED) is 0.686. The van der Waals surface area contributed by atoms with Gasteiger partial charge >= 0.3 is 0 Å². The number of hydrogen-bond donors (Lipinski definition) is 2. The normalized spacial score (nSPS) is 22.0. The zero-order valence-corrected chi connectivity index (χ0v) is 19.2. The van der Waals surface area contributed by atoms with Crippen molar-refractivity contribution < 1.29 is 9.53 Å². The van der Waals surface area contributed by atoms with Gasteiger partial charge in [0.15, 0.2) is 5.66 Å². The van der Waals surface area contributed by atoms with Gasteiger partial charge in [-0.05, 0) is 57.3 Å². The van der Waals surface area contributed by atoms with Crippen LogP contribution in [0.3, 0.4) is 0 Å². The molecule has 1 aromatic rings. The maximum Gasteiger partial charge on any atom is 0.216 e. The molecule has 32 heavy (non-hydrogen) atoms. The van der Waals surface area contributed by atoms with Crippen molar-refractivity contribution in [2.45, 2.75) is 31.3 Å². The van der Waals surface area contributed by atoms with Crippen LogP contribution in [0.4, 0.5) is 5.69 Å². The van der Waals surface area contributed by atoms with Crippen molar-refractivity contribution in [1.29, 1.82) is 0 Å². The van der Waals surface area contributed by atoms with Gasteiger partial charge < -0.3 is 20.3 Å². The largest absolute Gasteiger partial charge is 0.481 e. The van der Waals surface area contributed by atoms with Gasteiger partial charge in [-0.3, -0.25) is 9.79 Å². The second-order valence-corrected chi connectivity index (χ2v) is 8.70. The molecule has 1 fully saturated rings. The molecule has 0 aromatic carbocycles.